The molecule has 0 radical (unpaired) electrons. The number of rotatable bonds is 4. The fourth-order valence-electron chi connectivity index (χ4n) is 2.33. The summed E-state index contributed by atoms with van der Waals surface area (Å²) in [4.78, 5) is 11.2. The first-order chi connectivity index (χ1) is 7.90. The molecule has 0 heterocycles. The molecule has 16 heavy (non-hydrogen) atoms. The third-order valence-corrected chi connectivity index (χ3v) is 3.27. The number of carbonyl (C=O) groups is 1. The van der Waals surface area contributed by atoms with Gasteiger partial charge in [-0.2, -0.15) is 0 Å². The molecule has 1 aromatic carbocycles. The summed E-state index contributed by atoms with van der Waals surface area (Å²) >= 11 is 0. The van der Waals surface area contributed by atoms with E-state index in [-0.39, 0.29) is 5.92 Å². The molecule has 0 fully saturated rings. The van der Waals surface area contributed by atoms with Gasteiger partial charge in [0.1, 0.15) is 6.29 Å². The van der Waals surface area contributed by atoms with Crippen LogP contribution in [-0.2, 0) is 11.2 Å². The van der Waals surface area contributed by atoms with E-state index in [1.807, 2.05) is 18.2 Å². The van der Waals surface area contributed by atoms with Gasteiger partial charge >= 0.3 is 0 Å². The Morgan fingerprint density at radius 3 is 2.62 bits per heavy atom. The quantitative estimate of drug-likeness (QED) is 0.553. The van der Waals surface area contributed by atoms with E-state index in [1.165, 1.54) is 24.0 Å². The van der Waals surface area contributed by atoms with E-state index in [4.69, 9.17) is 0 Å². The zero-order chi connectivity index (χ0) is 11.2. The third kappa shape index (κ3) is 2.82. The van der Waals surface area contributed by atoms with Crippen LogP contribution < -0.4 is 0 Å². The fraction of sp³-hybridized carbons (Fsp3) is 0.400. The van der Waals surface area contributed by atoms with E-state index in [0.717, 1.165) is 25.5 Å². The Bertz CT molecular complexity index is 364. The number of allylic oxidation sites excluding steroid dienone is 2. The Hall–Kier alpha value is -1.37. The monoisotopic (exact) mass is 214 g/mol. The maximum atomic E-state index is 11.2. The van der Waals surface area contributed by atoms with E-state index >= 15 is 0 Å². The summed E-state index contributed by atoms with van der Waals surface area (Å²) in [6.45, 7) is 0. The predicted octanol–water partition coefficient (Wildman–Crippen LogP) is 3.54. The predicted molar refractivity (Wildman–Crippen MR) is 66.3 cm³/mol. The standard InChI is InChI=1S/C15H18O/c16-12-15(14-9-5-2-6-10-14)11-13-7-3-1-4-8-13/h1,3-4,7-9,12,15H,2,5-6,10-11H2. The van der Waals surface area contributed by atoms with Crippen LogP contribution in [0.5, 0.6) is 0 Å². The number of carbonyl (C=O) groups excluding carboxylic acids is 1. The summed E-state index contributed by atoms with van der Waals surface area (Å²) in [6.07, 6.45) is 9.02. The second-order valence-electron chi connectivity index (χ2n) is 4.46. The molecule has 0 spiro atoms. The third-order valence-electron chi connectivity index (χ3n) is 3.27. The van der Waals surface area contributed by atoms with Gasteiger partial charge in [-0.1, -0.05) is 42.0 Å². The Morgan fingerprint density at radius 1 is 1.19 bits per heavy atom. The highest BCUT2D eigenvalue weighted by Crippen LogP contribution is 2.25. The van der Waals surface area contributed by atoms with Crippen molar-refractivity contribution in [1.82, 2.24) is 0 Å². The van der Waals surface area contributed by atoms with Crippen LogP contribution >= 0.6 is 0 Å². The maximum Gasteiger partial charge on any atom is 0.127 e. The van der Waals surface area contributed by atoms with Crippen molar-refractivity contribution >= 4 is 6.29 Å². The van der Waals surface area contributed by atoms with E-state index in [1.54, 1.807) is 0 Å². The summed E-state index contributed by atoms with van der Waals surface area (Å²) < 4.78 is 0. The van der Waals surface area contributed by atoms with Crippen LogP contribution in [-0.4, -0.2) is 6.29 Å². The first-order valence-electron chi connectivity index (χ1n) is 6.08. The van der Waals surface area contributed by atoms with Gasteiger partial charge < -0.3 is 4.79 Å². The van der Waals surface area contributed by atoms with Gasteiger partial charge in [0.15, 0.2) is 0 Å². The van der Waals surface area contributed by atoms with Crippen LogP contribution in [0, 0.1) is 5.92 Å². The van der Waals surface area contributed by atoms with Crippen molar-refractivity contribution in [2.45, 2.75) is 32.1 Å². The van der Waals surface area contributed by atoms with Crippen LogP contribution in [0.2, 0.25) is 0 Å². The van der Waals surface area contributed by atoms with Crippen molar-refractivity contribution in [3.8, 4) is 0 Å². The first-order valence-corrected chi connectivity index (χ1v) is 6.08. The van der Waals surface area contributed by atoms with Crippen LogP contribution in [0.4, 0.5) is 0 Å². The molecule has 0 N–H and O–H groups in total. The number of benzene rings is 1. The van der Waals surface area contributed by atoms with Crippen LogP contribution in [0.3, 0.4) is 0 Å². The molecule has 1 aliphatic carbocycles. The molecule has 1 atom stereocenters. The lowest BCUT2D eigenvalue weighted by Gasteiger charge is -2.18. The topological polar surface area (TPSA) is 17.1 Å². The van der Waals surface area contributed by atoms with E-state index in [0.29, 0.717) is 0 Å². The first kappa shape index (κ1) is 11.1. The van der Waals surface area contributed by atoms with Crippen molar-refractivity contribution in [3.05, 3.63) is 47.5 Å². The maximum absolute atomic E-state index is 11.2. The van der Waals surface area contributed by atoms with Crippen molar-refractivity contribution in [3.63, 3.8) is 0 Å². The summed E-state index contributed by atoms with van der Waals surface area (Å²) in [5.74, 6) is 0.0997. The molecule has 1 unspecified atom stereocenters. The lowest BCUT2D eigenvalue weighted by molar-refractivity contribution is -0.110. The van der Waals surface area contributed by atoms with E-state index < -0.39 is 0 Å². The van der Waals surface area contributed by atoms with Crippen LogP contribution in [0.25, 0.3) is 0 Å². The average molecular weight is 214 g/mol. The molecule has 2 rings (SSSR count). The average Bonchev–Trinajstić information content (AvgIpc) is 2.38. The number of hydrogen-bond donors (Lipinski definition) is 0. The van der Waals surface area contributed by atoms with Crippen LogP contribution in [0.1, 0.15) is 31.2 Å². The van der Waals surface area contributed by atoms with Gasteiger partial charge in [0, 0.05) is 5.92 Å². The Kier molecular flexibility index (Phi) is 3.92. The minimum atomic E-state index is 0.0997. The van der Waals surface area contributed by atoms with Crippen molar-refractivity contribution in [2.75, 3.05) is 0 Å². The van der Waals surface area contributed by atoms with Gasteiger partial charge in [-0.15, -0.1) is 0 Å². The SMILES string of the molecule is O=CC(Cc1ccccc1)C1=CCCCC1. The van der Waals surface area contributed by atoms with Crippen molar-refractivity contribution < 1.29 is 4.79 Å². The highest BCUT2D eigenvalue weighted by atomic mass is 16.1. The zero-order valence-electron chi connectivity index (χ0n) is 9.56. The molecule has 0 aliphatic heterocycles. The van der Waals surface area contributed by atoms with Gasteiger partial charge in [-0.05, 0) is 37.7 Å². The second-order valence-corrected chi connectivity index (χ2v) is 4.46. The second kappa shape index (κ2) is 5.64. The van der Waals surface area contributed by atoms with Crippen molar-refractivity contribution in [2.24, 2.45) is 5.92 Å². The summed E-state index contributed by atoms with van der Waals surface area (Å²) in [5.41, 5.74) is 2.61. The minimum Gasteiger partial charge on any atom is -0.303 e. The number of hydrogen-bond acceptors (Lipinski definition) is 1. The van der Waals surface area contributed by atoms with E-state index in [9.17, 15) is 4.79 Å². The largest absolute Gasteiger partial charge is 0.303 e. The van der Waals surface area contributed by atoms with Gasteiger partial charge in [0.2, 0.25) is 0 Å². The molecular weight excluding hydrogens is 196 g/mol. The summed E-state index contributed by atoms with van der Waals surface area (Å²) in [7, 11) is 0. The van der Waals surface area contributed by atoms with Gasteiger partial charge in [-0.25, -0.2) is 0 Å². The zero-order valence-corrected chi connectivity index (χ0v) is 9.56. The molecule has 0 bridgehead atoms. The van der Waals surface area contributed by atoms with Gasteiger partial charge in [-0.3, -0.25) is 0 Å². The summed E-state index contributed by atoms with van der Waals surface area (Å²) in [6, 6.07) is 10.3. The lowest BCUT2D eigenvalue weighted by Crippen LogP contribution is -2.11. The van der Waals surface area contributed by atoms with Crippen molar-refractivity contribution in [1.29, 1.82) is 0 Å². The smallest absolute Gasteiger partial charge is 0.127 e. The summed E-state index contributed by atoms with van der Waals surface area (Å²) in [5, 5.41) is 0. The normalized spacial score (nSPS) is 17.6. The molecule has 1 nitrogen and oxygen atoms in total. The fourth-order valence-corrected chi connectivity index (χ4v) is 2.33. The molecule has 0 saturated carbocycles. The molecule has 0 amide bonds. The molecule has 1 heteroatoms. The van der Waals surface area contributed by atoms with Crippen LogP contribution in [0.15, 0.2) is 42.0 Å². The molecule has 0 saturated heterocycles. The van der Waals surface area contributed by atoms with Gasteiger partial charge in [0.05, 0.1) is 0 Å². The highest BCUT2D eigenvalue weighted by molar-refractivity contribution is 5.59. The highest BCUT2D eigenvalue weighted by Gasteiger charge is 2.15. The Morgan fingerprint density at radius 2 is 2.00 bits per heavy atom. The van der Waals surface area contributed by atoms with E-state index in [2.05, 4.69) is 18.2 Å². The van der Waals surface area contributed by atoms with Gasteiger partial charge in [0.25, 0.3) is 0 Å². The molecule has 0 aromatic heterocycles. The molecule has 1 aromatic rings. The Balaban J connectivity index is 2.06. The lowest BCUT2D eigenvalue weighted by atomic mass is 9.86. The molecular formula is C15H18O. The molecule has 84 valence electrons. The molecule has 1 aliphatic rings. The minimum absolute atomic E-state index is 0.0997. The Labute approximate surface area is 97.2 Å². The number of aldehydes is 1.